The van der Waals surface area contributed by atoms with E-state index < -0.39 is 0 Å². The summed E-state index contributed by atoms with van der Waals surface area (Å²) in [5, 5.41) is 11.8. The second kappa shape index (κ2) is 7.11. The molecule has 0 radical (unpaired) electrons. The predicted octanol–water partition coefficient (Wildman–Crippen LogP) is 2.46. The van der Waals surface area contributed by atoms with E-state index in [-0.39, 0.29) is 0 Å². The molecule has 0 aromatic carbocycles. The Kier molecular flexibility index (Phi) is 5.11. The van der Waals surface area contributed by atoms with Crippen molar-refractivity contribution in [2.45, 2.75) is 77.8 Å². The van der Waals surface area contributed by atoms with Gasteiger partial charge in [0.1, 0.15) is 5.82 Å². The Balaban J connectivity index is 1.55. The topological polar surface area (TPSA) is 67.1 Å². The van der Waals surface area contributed by atoms with Crippen molar-refractivity contribution in [1.29, 1.82) is 0 Å². The van der Waals surface area contributed by atoms with Gasteiger partial charge < -0.3 is 10.6 Å². The zero-order chi connectivity index (χ0) is 17.2. The van der Waals surface area contributed by atoms with E-state index in [0.29, 0.717) is 17.4 Å². The summed E-state index contributed by atoms with van der Waals surface area (Å²) in [7, 11) is 1.85. The van der Waals surface area contributed by atoms with Crippen LogP contribution in [0.1, 0.15) is 70.4 Å². The van der Waals surface area contributed by atoms with Gasteiger partial charge in [0.05, 0.1) is 6.54 Å². The molecule has 3 rings (SSSR count). The monoisotopic (exact) mass is 332 g/mol. The first kappa shape index (κ1) is 17.2. The molecular formula is C18H32N6. The van der Waals surface area contributed by atoms with Gasteiger partial charge in [0, 0.05) is 32.0 Å². The third-order valence-electron chi connectivity index (χ3n) is 5.45. The van der Waals surface area contributed by atoms with Crippen molar-refractivity contribution >= 4 is 5.96 Å². The molecule has 2 N–H and O–H groups in total. The van der Waals surface area contributed by atoms with Crippen molar-refractivity contribution in [2.24, 2.45) is 10.4 Å². The predicted molar refractivity (Wildman–Crippen MR) is 97.3 cm³/mol. The maximum Gasteiger partial charge on any atom is 0.191 e. The summed E-state index contributed by atoms with van der Waals surface area (Å²) in [6, 6.07) is 0.363. The molecule has 6 nitrogen and oxygen atoms in total. The number of fused-ring (bicyclic) bond motifs is 1. The van der Waals surface area contributed by atoms with E-state index >= 15 is 0 Å². The molecule has 1 aliphatic carbocycles. The summed E-state index contributed by atoms with van der Waals surface area (Å²) < 4.78 is 2.07. The second-order valence-corrected chi connectivity index (χ2v) is 8.05. The minimum Gasteiger partial charge on any atom is -0.356 e. The van der Waals surface area contributed by atoms with Crippen molar-refractivity contribution < 1.29 is 0 Å². The largest absolute Gasteiger partial charge is 0.356 e. The summed E-state index contributed by atoms with van der Waals surface area (Å²) in [6.07, 6.45) is 7.42. The van der Waals surface area contributed by atoms with Gasteiger partial charge in [-0.1, -0.05) is 33.6 Å². The summed E-state index contributed by atoms with van der Waals surface area (Å²) >= 11 is 0. The summed E-state index contributed by atoms with van der Waals surface area (Å²) in [6.45, 7) is 8.55. The average Bonchev–Trinajstić information content (AvgIpc) is 3.17. The third-order valence-corrected chi connectivity index (χ3v) is 5.45. The number of aryl methyl sites for hydroxylation is 1. The van der Waals surface area contributed by atoms with E-state index in [1.54, 1.807) is 0 Å². The number of nitrogens with one attached hydrogen (secondary N) is 2. The minimum atomic E-state index is 0.363. The van der Waals surface area contributed by atoms with Crippen LogP contribution in [0.2, 0.25) is 0 Å². The molecule has 0 spiro atoms. The highest BCUT2D eigenvalue weighted by Gasteiger charge is 2.29. The summed E-state index contributed by atoms with van der Waals surface area (Å²) in [5.74, 6) is 3.39. The van der Waals surface area contributed by atoms with Crippen LogP contribution in [-0.2, 0) is 13.0 Å². The molecule has 6 heteroatoms. The molecule has 2 aliphatic rings. The standard InChI is InChI=1S/C18H32N6/c1-13(2)16-22-15-8-7-14(11-24(15)23-16)21-17(19-4)20-12-18(3)9-5-6-10-18/h13-14H,5-12H2,1-4H3,(H2,19,20,21). The van der Waals surface area contributed by atoms with Gasteiger partial charge in [-0.3, -0.25) is 4.99 Å². The molecule has 134 valence electrons. The Bertz CT molecular complexity index is 582. The number of guanidine groups is 1. The number of aliphatic imine (C=N–C) groups is 1. The van der Waals surface area contributed by atoms with E-state index in [2.05, 4.69) is 51.2 Å². The Labute approximate surface area is 145 Å². The fourth-order valence-corrected chi connectivity index (χ4v) is 3.78. The fourth-order valence-electron chi connectivity index (χ4n) is 3.78. The Morgan fingerprint density at radius 2 is 2.12 bits per heavy atom. The maximum atomic E-state index is 4.66. The highest BCUT2D eigenvalue weighted by Crippen LogP contribution is 2.36. The highest BCUT2D eigenvalue weighted by molar-refractivity contribution is 5.80. The number of hydrogen-bond acceptors (Lipinski definition) is 3. The van der Waals surface area contributed by atoms with Crippen molar-refractivity contribution in [3.63, 3.8) is 0 Å². The number of aromatic nitrogens is 3. The van der Waals surface area contributed by atoms with Crippen LogP contribution in [0.4, 0.5) is 0 Å². The number of hydrogen-bond donors (Lipinski definition) is 2. The molecule has 0 bridgehead atoms. The van der Waals surface area contributed by atoms with Crippen LogP contribution in [0, 0.1) is 5.41 Å². The van der Waals surface area contributed by atoms with Gasteiger partial charge in [0.15, 0.2) is 11.8 Å². The first-order chi connectivity index (χ1) is 11.5. The molecule has 1 fully saturated rings. The van der Waals surface area contributed by atoms with Crippen LogP contribution >= 0.6 is 0 Å². The Morgan fingerprint density at radius 3 is 2.79 bits per heavy atom. The maximum absolute atomic E-state index is 4.66. The molecule has 2 heterocycles. The molecular weight excluding hydrogens is 300 g/mol. The number of rotatable bonds is 4. The fraction of sp³-hybridized carbons (Fsp3) is 0.833. The second-order valence-electron chi connectivity index (χ2n) is 8.05. The molecule has 1 saturated carbocycles. The normalized spacial score (nSPS) is 23.4. The lowest BCUT2D eigenvalue weighted by molar-refractivity contribution is 0.330. The smallest absolute Gasteiger partial charge is 0.191 e. The van der Waals surface area contributed by atoms with Crippen molar-refractivity contribution in [3.05, 3.63) is 11.6 Å². The Morgan fingerprint density at radius 1 is 1.38 bits per heavy atom. The molecule has 0 amide bonds. The first-order valence-electron chi connectivity index (χ1n) is 9.40. The van der Waals surface area contributed by atoms with Gasteiger partial charge in [0.25, 0.3) is 0 Å². The van der Waals surface area contributed by atoms with Crippen LogP contribution in [-0.4, -0.2) is 40.4 Å². The molecule has 24 heavy (non-hydrogen) atoms. The Hall–Kier alpha value is -1.59. The lowest BCUT2D eigenvalue weighted by Crippen LogP contribution is -2.49. The summed E-state index contributed by atoms with van der Waals surface area (Å²) in [4.78, 5) is 9.07. The van der Waals surface area contributed by atoms with Crippen LogP contribution in [0.3, 0.4) is 0 Å². The molecule has 1 aromatic heterocycles. The van der Waals surface area contributed by atoms with E-state index in [0.717, 1.165) is 43.5 Å². The molecule has 1 unspecified atom stereocenters. The van der Waals surface area contributed by atoms with Gasteiger partial charge in [-0.25, -0.2) is 9.67 Å². The van der Waals surface area contributed by atoms with Gasteiger partial charge >= 0.3 is 0 Å². The van der Waals surface area contributed by atoms with E-state index in [4.69, 9.17) is 0 Å². The van der Waals surface area contributed by atoms with E-state index in [9.17, 15) is 0 Å². The quantitative estimate of drug-likeness (QED) is 0.656. The molecule has 1 atom stereocenters. The van der Waals surface area contributed by atoms with E-state index in [1.165, 1.54) is 25.7 Å². The van der Waals surface area contributed by atoms with Crippen molar-refractivity contribution in [3.8, 4) is 0 Å². The zero-order valence-corrected chi connectivity index (χ0v) is 15.6. The third kappa shape index (κ3) is 3.90. The van der Waals surface area contributed by atoms with Crippen LogP contribution < -0.4 is 10.6 Å². The molecule has 0 saturated heterocycles. The van der Waals surface area contributed by atoms with Crippen LogP contribution in [0.5, 0.6) is 0 Å². The SMILES string of the molecule is CN=C(NCC1(C)CCCC1)NC1CCc2nc(C(C)C)nn2C1. The van der Waals surface area contributed by atoms with Gasteiger partial charge in [-0.05, 0) is 24.7 Å². The van der Waals surface area contributed by atoms with Gasteiger partial charge in [-0.2, -0.15) is 5.10 Å². The average molecular weight is 332 g/mol. The van der Waals surface area contributed by atoms with Crippen molar-refractivity contribution in [1.82, 2.24) is 25.4 Å². The molecule has 1 aliphatic heterocycles. The lowest BCUT2D eigenvalue weighted by Gasteiger charge is -2.28. The van der Waals surface area contributed by atoms with Gasteiger partial charge in [0.2, 0.25) is 0 Å². The zero-order valence-electron chi connectivity index (χ0n) is 15.6. The lowest BCUT2D eigenvalue weighted by atomic mass is 9.89. The van der Waals surface area contributed by atoms with Crippen LogP contribution in [0.25, 0.3) is 0 Å². The van der Waals surface area contributed by atoms with Gasteiger partial charge in [-0.15, -0.1) is 0 Å². The number of nitrogens with zero attached hydrogens (tertiary/aromatic N) is 4. The summed E-state index contributed by atoms with van der Waals surface area (Å²) in [5.41, 5.74) is 0.426. The highest BCUT2D eigenvalue weighted by atomic mass is 15.4. The van der Waals surface area contributed by atoms with E-state index in [1.807, 2.05) is 7.05 Å². The van der Waals surface area contributed by atoms with Crippen molar-refractivity contribution in [2.75, 3.05) is 13.6 Å². The molecule has 1 aromatic rings. The van der Waals surface area contributed by atoms with Crippen LogP contribution in [0.15, 0.2) is 4.99 Å². The first-order valence-corrected chi connectivity index (χ1v) is 9.40. The minimum absolute atomic E-state index is 0.363.